The summed E-state index contributed by atoms with van der Waals surface area (Å²) in [5, 5.41) is 4.53. The van der Waals surface area contributed by atoms with Crippen molar-refractivity contribution in [1.82, 2.24) is 13.7 Å². The maximum absolute atomic E-state index is 16.8. The maximum Gasteiger partial charge on any atom is 0.430 e. The van der Waals surface area contributed by atoms with Crippen LogP contribution >= 0.6 is 0 Å². The molecule has 0 aliphatic carbocycles. The zero-order chi connectivity index (χ0) is 46.7. The van der Waals surface area contributed by atoms with Gasteiger partial charge in [-0.25, -0.2) is 40.0 Å². The molecule has 1 atom stereocenters. The lowest BCUT2D eigenvalue weighted by Gasteiger charge is -2.41. The van der Waals surface area contributed by atoms with Crippen LogP contribution in [0.15, 0.2) is 88.3 Å². The zero-order valence-corrected chi connectivity index (χ0v) is 34.9. The molecule has 0 radical (unpaired) electrons. The summed E-state index contributed by atoms with van der Waals surface area (Å²) in [5.74, 6) is -8.22. The Labute approximate surface area is 368 Å². The summed E-state index contributed by atoms with van der Waals surface area (Å²) >= 11 is 0. The molecule has 5 aliphatic rings. The van der Waals surface area contributed by atoms with Crippen molar-refractivity contribution in [2.75, 3.05) is 30.8 Å². The van der Waals surface area contributed by atoms with Gasteiger partial charge in [-0.2, -0.15) is 16.8 Å². The number of halogens is 6. The number of anilines is 2. The minimum atomic E-state index is -5.54. The Bertz CT molecular complexity index is 3880. The first kappa shape index (κ1) is 41.0. The summed E-state index contributed by atoms with van der Waals surface area (Å²) in [7, 11) is -9.48. The van der Waals surface area contributed by atoms with Crippen molar-refractivity contribution in [1.29, 1.82) is 0 Å². The minimum absolute atomic E-state index is 0.0186. The smallest absolute Gasteiger partial charge is 0.430 e. The molecule has 13 nitrogen and oxygen atoms in total. The van der Waals surface area contributed by atoms with E-state index >= 15 is 26.3 Å². The van der Waals surface area contributed by atoms with Gasteiger partial charge in [0.1, 0.15) is 21.2 Å². The van der Waals surface area contributed by atoms with Gasteiger partial charge < -0.3 is 15.4 Å². The summed E-state index contributed by atoms with van der Waals surface area (Å²) in [5.41, 5.74) is -5.26. The Morgan fingerprint density at radius 1 is 0.682 bits per heavy atom. The lowest BCUT2D eigenvalue weighted by atomic mass is 9.94. The highest BCUT2D eigenvalue weighted by molar-refractivity contribution is 7.86. The minimum Gasteiger partial charge on any atom is -0.497 e. The van der Waals surface area contributed by atoms with Gasteiger partial charge in [0.25, 0.3) is 20.2 Å². The molecule has 6 aromatic rings. The molecule has 3 aromatic carbocycles. The molecule has 8 heterocycles. The largest absolute Gasteiger partial charge is 0.497 e. The third kappa shape index (κ3) is 4.91. The van der Waals surface area contributed by atoms with Crippen molar-refractivity contribution in [3.8, 4) is 41.8 Å². The number of terminal acetylenes is 2. The predicted molar refractivity (Wildman–Crippen MR) is 225 cm³/mol. The van der Waals surface area contributed by atoms with Crippen LogP contribution in [0.3, 0.4) is 0 Å². The van der Waals surface area contributed by atoms with E-state index in [-0.39, 0.29) is 45.6 Å². The van der Waals surface area contributed by atoms with Crippen LogP contribution in [0.5, 0.6) is 5.75 Å². The second-order valence-electron chi connectivity index (χ2n) is 15.3. The van der Waals surface area contributed by atoms with E-state index in [4.69, 9.17) is 17.6 Å². The van der Waals surface area contributed by atoms with Crippen LogP contribution in [-0.4, -0.2) is 70.1 Å². The van der Waals surface area contributed by atoms with Crippen LogP contribution in [0, 0.1) is 59.6 Å². The Morgan fingerprint density at radius 3 is 1.89 bits per heavy atom. The number of allylic oxidation sites excluding steroid dienone is 2. The summed E-state index contributed by atoms with van der Waals surface area (Å²) < 4.78 is 185. The van der Waals surface area contributed by atoms with Gasteiger partial charge in [-0.1, -0.05) is 24.0 Å². The molecular weight excluding hydrogens is 915 g/mol. The third-order valence-electron chi connectivity index (χ3n) is 12.2. The first-order valence-corrected chi connectivity index (χ1v) is 22.2. The fourth-order valence-corrected chi connectivity index (χ4v) is 11.3. The van der Waals surface area contributed by atoms with Crippen molar-refractivity contribution in [3.63, 3.8) is 0 Å². The highest BCUT2D eigenvalue weighted by atomic mass is 32.2. The number of nitrogens with zero attached hydrogens (tertiary/aromatic N) is 4. The van der Waals surface area contributed by atoms with Gasteiger partial charge in [0.2, 0.25) is 11.4 Å². The van der Waals surface area contributed by atoms with E-state index < -0.39 is 117 Å². The number of aromatic nitrogens is 3. The van der Waals surface area contributed by atoms with Crippen LogP contribution in [0.1, 0.15) is 28.1 Å². The Morgan fingerprint density at radius 2 is 1.27 bits per heavy atom. The summed E-state index contributed by atoms with van der Waals surface area (Å²) in [6.45, 7) is -0.747. The summed E-state index contributed by atoms with van der Waals surface area (Å²) in [4.78, 5) is -2.00. The fraction of sp³-hybridized carbons (Fsp3) is 0.0889. The van der Waals surface area contributed by atoms with E-state index in [1.165, 1.54) is 51.2 Å². The van der Waals surface area contributed by atoms with Gasteiger partial charge in [-0.15, -0.1) is 17.4 Å². The van der Waals surface area contributed by atoms with Crippen LogP contribution in [0.2, 0.25) is 0 Å². The molecule has 11 rings (SSSR count). The molecular formula is C45H25F6N6O7S2+. The number of ether oxygens (including phenoxy) is 1. The van der Waals surface area contributed by atoms with Crippen LogP contribution in [0.25, 0.3) is 28.1 Å². The Balaban J connectivity index is 1.39. The number of rotatable bonds is 10. The van der Waals surface area contributed by atoms with Gasteiger partial charge in [0, 0.05) is 23.3 Å². The monoisotopic (exact) mass is 939 g/mol. The van der Waals surface area contributed by atoms with Crippen molar-refractivity contribution in [2.45, 2.75) is 15.7 Å². The summed E-state index contributed by atoms with van der Waals surface area (Å²) in [6.07, 6.45) is 13.7. The molecule has 330 valence electrons. The van der Waals surface area contributed by atoms with Crippen molar-refractivity contribution >= 4 is 54.0 Å². The molecule has 0 bridgehead atoms. The highest BCUT2D eigenvalue weighted by Gasteiger charge is 2.68. The first-order chi connectivity index (χ1) is 31.4. The number of benzene rings is 3. The van der Waals surface area contributed by atoms with E-state index in [1.54, 1.807) is 30.3 Å². The van der Waals surface area contributed by atoms with Gasteiger partial charge in [-0.05, 0) is 54.1 Å². The van der Waals surface area contributed by atoms with E-state index in [1.807, 2.05) is 5.92 Å². The van der Waals surface area contributed by atoms with Gasteiger partial charge in [0.15, 0.2) is 34.9 Å². The number of nitrogens with one attached hydrogen (secondary N) is 2. The average molecular weight is 940 g/mol. The van der Waals surface area contributed by atoms with E-state index in [0.717, 1.165) is 16.7 Å². The maximum atomic E-state index is 16.8. The SMILES string of the molecule is C#CCNc1ccc(C2=C3C=CC4=[N+]3C35n6c(cc(S(=O)(=O)O)c6C(c6c(F)c(F)c(NCC#C)c(F)c6F)=c6ccc(n63)=C4c3ccc(OC)cc3)-c3c(S(=O)(=O)O)cc2n35)c(F)c1F. The van der Waals surface area contributed by atoms with Gasteiger partial charge in [-0.3, -0.25) is 9.11 Å². The van der Waals surface area contributed by atoms with Crippen molar-refractivity contribution < 1.29 is 61.6 Å². The van der Waals surface area contributed by atoms with Gasteiger partial charge >= 0.3 is 5.91 Å². The topological polar surface area (TPSA) is 160 Å². The Kier molecular flexibility index (Phi) is 8.35. The molecule has 66 heavy (non-hydrogen) atoms. The predicted octanol–water partition coefficient (Wildman–Crippen LogP) is 4.73. The molecule has 0 amide bonds. The highest BCUT2D eigenvalue weighted by Crippen LogP contribution is 2.57. The molecule has 0 fully saturated rings. The molecule has 1 spiro atoms. The van der Waals surface area contributed by atoms with E-state index in [9.17, 15) is 25.9 Å². The molecule has 4 N–H and O–H groups in total. The number of hydrogen-bond acceptors (Lipinski definition) is 7. The zero-order valence-electron chi connectivity index (χ0n) is 33.3. The first-order valence-electron chi connectivity index (χ1n) is 19.3. The molecule has 0 saturated heterocycles. The normalized spacial score (nSPS) is 17.0. The lowest BCUT2D eigenvalue weighted by Crippen LogP contribution is -2.67. The van der Waals surface area contributed by atoms with E-state index in [2.05, 4.69) is 16.6 Å². The summed E-state index contributed by atoms with van der Waals surface area (Å²) in [6, 6.07) is 13.5. The number of methoxy groups -OCH3 is 1. The second-order valence-corrected chi connectivity index (χ2v) is 18.1. The van der Waals surface area contributed by atoms with Crippen molar-refractivity contribution in [2.24, 2.45) is 0 Å². The molecule has 5 aliphatic heterocycles. The van der Waals surface area contributed by atoms with Crippen molar-refractivity contribution in [3.05, 3.63) is 152 Å². The molecule has 21 heteroatoms. The molecule has 0 saturated carbocycles. The average Bonchev–Trinajstić information content (AvgIpc) is 4.12. The van der Waals surface area contributed by atoms with Crippen LogP contribution in [0.4, 0.5) is 37.7 Å². The second kappa shape index (κ2) is 13.4. The van der Waals surface area contributed by atoms with E-state index in [0.29, 0.717) is 16.9 Å². The fourth-order valence-electron chi connectivity index (χ4n) is 9.86. The van der Waals surface area contributed by atoms with Crippen LogP contribution < -0.4 is 26.1 Å². The number of fused-ring (bicyclic) bond motifs is 1. The Hall–Kier alpha value is -7.69. The number of hydrogen-bond donors (Lipinski definition) is 4. The molecule has 1 unspecified atom stereocenters. The van der Waals surface area contributed by atoms with Gasteiger partial charge in [0.05, 0.1) is 76.1 Å². The quantitative estimate of drug-likeness (QED) is 0.0501. The van der Waals surface area contributed by atoms with Crippen LogP contribution in [-0.2, 0) is 26.1 Å². The standard InChI is InChI=1S/C45H24F6N6O7S2/c1-4-16-52-23-11-10-22(36(46)37(23)47)33-26-14-12-24-32(20-6-8-21(64-3)9-7-20)25-13-15-27-34(35-38(48)40(50)42(53-17-5-2)41(51)39(35)49)44-31(66(61,62)63)19-29-43-30(65(58,59)60)18-28(33)56(43)45(54(24)26,55(25)27)57(29)44/h1-2,6-15,18-19H,16-17H2,3H3,(H3,52,53,58,59,60,61,62,63)/p+1. The third-order valence-corrected chi connectivity index (χ3v) is 13.9. The lowest BCUT2D eigenvalue weighted by molar-refractivity contribution is -0.610. The molecule has 3 aromatic heterocycles.